The summed E-state index contributed by atoms with van der Waals surface area (Å²) < 4.78 is 0. The molecule has 0 radical (unpaired) electrons. The second kappa shape index (κ2) is 6.90. The van der Waals surface area contributed by atoms with Crippen LogP contribution in [0.2, 0.25) is 0 Å². The fourth-order valence-corrected chi connectivity index (χ4v) is 1.82. The van der Waals surface area contributed by atoms with E-state index in [9.17, 15) is 14.7 Å². The van der Waals surface area contributed by atoms with Gasteiger partial charge in [0.2, 0.25) is 5.91 Å². The topological polar surface area (TPSA) is 102 Å². The maximum atomic E-state index is 12.2. The molecule has 0 atom stereocenters. The zero-order valence-corrected chi connectivity index (χ0v) is 11.5. The van der Waals surface area contributed by atoms with Crippen molar-refractivity contribution in [3.8, 4) is 11.8 Å². The number of nitriles is 1. The largest absolute Gasteiger partial charge is 0.507 e. The minimum absolute atomic E-state index is 0.126. The molecule has 0 bridgehead atoms. The first-order valence-electron chi connectivity index (χ1n) is 6.47. The SMILES string of the molecule is N#CCC(=O)Nc1ccccc1NC(=O)c1ccccc1O. The molecule has 2 aromatic rings. The molecule has 0 saturated carbocycles. The van der Waals surface area contributed by atoms with E-state index in [1.165, 1.54) is 12.1 Å². The fraction of sp³-hybridized carbons (Fsp3) is 0.0625. The van der Waals surface area contributed by atoms with E-state index in [1.54, 1.807) is 42.5 Å². The molecule has 0 aliphatic carbocycles. The lowest BCUT2D eigenvalue weighted by molar-refractivity contribution is -0.115. The quantitative estimate of drug-likeness (QED) is 0.806. The first-order valence-corrected chi connectivity index (χ1v) is 6.47. The summed E-state index contributed by atoms with van der Waals surface area (Å²) in [5.74, 6) is -1.10. The smallest absolute Gasteiger partial charge is 0.259 e. The van der Waals surface area contributed by atoms with Crippen LogP contribution in [0.1, 0.15) is 16.8 Å². The average Bonchev–Trinajstić information content (AvgIpc) is 2.50. The van der Waals surface area contributed by atoms with Gasteiger partial charge in [-0.1, -0.05) is 24.3 Å². The third-order valence-corrected chi connectivity index (χ3v) is 2.84. The Morgan fingerprint density at radius 1 is 1.00 bits per heavy atom. The fourth-order valence-electron chi connectivity index (χ4n) is 1.82. The van der Waals surface area contributed by atoms with Gasteiger partial charge in [0.1, 0.15) is 12.2 Å². The van der Waals surface area contributed by atoms with E-state index in [0.717, 1.165) is 0 Å². The molecular weight excluding hydrogens is 282 g/mol. The van der Waals surface area contributed by atoms with E-state index < -0.39 is 11.8 Å². The molecule has 0 saturated heterocycles. The van der Waals surface area contributed by atoms with Gasteiger partial charge < -0.3 is 15.7 Å². The number of para-hydroxylation sites is 3. The monoisotopic (exact) mass is 295 g/mol. The first kappa shape index (κ1) is 15.1. The summed E-state index contributed by atoms with van der Waals surface area (Å²) in [5, 5.41) is 23.3. The van der Waals surface area contributed by atoms with Crippen molar-refractivity contribution in [1.82, 2.24) is 0 Å². The minimum atomic E-state index is -0.500. The number of amides is 2. The zero-order chi connectivity index (χ0) is 15.9. The maximum absolute atomic E-state index is 12.2. The second-order valence-electron chi connectivity index (χ2n) is 4.40. The zero-order valence-electron chi connectivity index (χ0n) is 11.5. The number of carbonyl (C=O) groups excluding carboxylic acids is 2. The number of nitrogens with one attached hydrogen (secondary N) is 2. The lowest BCUT2D eigenvalue weighted by Gasteiger charge is -2.12. The summed E-state index contributed by atoms with van der Waals surface area (Å²) in [7, 11) is 0. The van der Waals surface area contributed by atoms with E-state index in [0.29, 0.717) is 11.4 Å². The van der Waals surface area contributed by atoms with Gasteiger partial charge in [0, 0.05) is 0 Å². The molecule has 3 N–H and O–H groups in total. The normalized spacial score (nSPS) is 9.59. The van der Waals surface area contributed by atoms with E-state index in [-0.39, 0.29) is 17.7 Å². The Balaban J connectivity index is 2.20. The molecule has 2 aromatic carbocycles. The van der Waals surface area contributed by atoms with Crippen LogP contribution in [0.15, 0.2) is 48.5 Å². The van der Waals surface area contributed by atoms with Gasteiger partial charge >= 0.3 is 0 Å². The summed E-state index contributed by atoms with van der Waals surface area (Å²) in [6.07, 6.45) is -0.276. The van der Waals surface area contributed by atoms with E-state index >= 15 is 0 Å². The van der Waals surface area contributed by atoms with Crippen LogP contribution in [-0.4, -0.2) is 16.9 Å². The van der Waals surface area contributed by atoms with E-state index in [1.807, 2.05) is 0 Å². The Bertz CT molecular complexity index is 750. The summed E-state index contributed by atoms with van der Waals surface area (Å²) in [6.45, 7) is 0. The molecule has 0 aromatic heterocycles. The van der Waals surface area contributed by atoms with Gasteiger partial charge in [-0.05, 0) is 24.3 Å². The van der Waals surface area contributed by atoms with Gasteiger partial charge in [-0.3, -0.25) is 9.59 Å². The standard InChI is InChI=1S/C16H13N3O3/c17-10-9-15(21)18-12-6-2-3-7-13(12)19-16(22)11-5-1-4-8-14(11)20/h1-8,20H,9H2,(H,18,21)(H,19,22). The molecule has 6 heteroatoms. The van der Waals surface area contributed by atoms with Crippen LogP contribution in [0.4, 0.5) is 11.4 Å². The number of carbonyl (C=O) groups is 2. The number of phenolic OH excluding ortho intramolecular Hbond substituents is 1. The highest BCUT2D eigenvalue weighted by atomic mass is 16.3. The van der Waals surface area contributed by atoms with Gasteiger partial charge in [0.25, 0.3) is 5.91 Å². The van der Waals surface area contributed by atoms with Crippen molar-refractivity contribution in [3.63, 3.8) is 0 Å². The third kappa shape index (κ3) is 3.61. The Morgan fingerprint density at radius 2 is 1.59 bits per heavy atom. The predicted octanol–water partition coefficient (Wildman–Crippen LogP) is 2.50. The summed E-state index contributed by atoms with van der Waals surface area (Å²) in [5.41, 5.74) is 0.884. The van der Waals surface area contributed by atoms with Crippen molar-refractivity contribution >= 4 is 23.2 Å². The van der Waals surface area contributed by atoms with Crippen molar-refractivity contribution in [2.75, 3.05) is 10.6 Å². The predicted molar refractivity (Wildman–Crippen MR) is 81.4 cm³/mol. The van der Waals surface area contributed by atoms with Crippen molar-refractivity contribution in [2.45, 2.75) is 6.42 Å². The number of hydrogen-bond acceptors (Lipinski definition) is 4. The van der Waals surface area contributed by atoms with Gasteiger partial charge in [0.15, 0.2) is 0 Å². The second-order valence-corrected chi connectivity index (χ2v) is 4.40. The molecule has 22 heavy (non-hydrogen) atoms. The summed E-state index contributed by atoms with van der Waals surface area (Å²) in [4.78, 5) is 23.7. The van der Waals surface area contributed by atoms with E-state index in [2.05, 4.69) is 10.6 Å². The number of anilines is 2. The lowest BCUT2D eigenvalue weighted by Crippen LogP contribution is -2.16. The van der Waals surface area contributed by atoms with Crippen molar-refractivity contribution in [1.29, 1.82) is 5.26 Å². The van der Waals surface area contributed by atoms with Crippen LogP contribution in [0.3, 0.4) is 0 Å². The van der Waals surface area contributed by atoms with Gasteiger partial charge in [-0.25, -0.2) is 0 Å². The number of benzene rings is 2. The number of rotatable bonds is 4. The Labute approximate surface area is 127 Å². The number of nitrogens with zero attached hydrogens (tertiary/aromatic N) is 1. The van der Waals surface area contributed by atoms with Gasteiger partial charge in [-0.15, -0.1) is 0 Å². The van der Waals surface area contributed by atoms with Crippen LogP contribution < -0.4 is 10.6 Å². The molecule has 0 spiro atoms. The molecule has 6 nitrogen and oxygen atoms in total. The number of phenols is 1. The van der Waals surface area contributed by atoms with Crippen LogP contribution >= 0.6 is 0 Å². The van der Waals surface area contributed by atoms with Crippen LogP contribution in [0, 0.1) is 11.3 Å². The molecular formula is C16H13N3O3. The number of hydrogen-bond donors (Lipinski definition) is 3. The van der Waals surface area contributed by atoms with Crippen molar-refractivity contribution in [2.24, 2.45) is 0 Å². The highest BCUT2D eigenvalue weighted by Gasteiger charge is 2.13. The summed E-state index contributed by atoms with van der Waals surface area (Å²) >= 11 is 0. The van der Waals surface area contributed by atoms with Gasteiger partial charge in [0.05, 0.1) is 23.0 Å². The molecule has 110 valence electrons. The Morgan fingerprint density at radius 3 is 2.23 bits per heavy atom. The molecule has 0 aliphatic rings. The molecule has 2 rings (SSSR count). The highest BCUT2D eigenvalue weighted by Crippen LogP contribution is 2.23. The molecule has 0 unspecified atom stereocenters. The maximum Gasteiger partial charge on any atom is 0.259 e. The number of aromatic hydroxyl groups is 1. The molecule has 0 aliphatic heterocycles. The highest BCUT2D eigenvalue weighted by molar-refractivity contribution is 6.08. The van der Waals surface area contributed by atoms with Crippen molar-refractivity contribution < 1.29 is 14.7 Å². The van der Waals surface area contributed by atoms with Crippen LogP contribution in [0.25, 0.3) is 0 Å². The van der Waals surface area contributed by atoms with Crippen LogP contribution in [-0.2, 0) is 4.79 Å². The summed E-state index contributed by atoms with van der Waals surface area (Å²) in [6, 6.07) is 14.5. The van der Waals surface area contributed by atoms with E-state index in [4.69, 9.17) is 5.26 Å². The first-order chi connectivity index (χ1) is 10.6. The molecule has 0 fully saturated rings. The minimum Gasteiger partial charge on any atom is -0.507 e. The van der Waals surface area contributed by atoms with Crippen molar-refractivity contribution in [3.05, 3.63) is 54.1 Å². The van der Waals surface area contributed by atoms with Gasteiger partial charge in [-0.2, -0.15) is 5.26 Å². The van der Waals surface area contributed by atoms with Crippen LogP contribution in [0.5, 0.6) is 5.75 Å². The lowest BCUT2D eigenvalue weighted by atomic mass is 10.1. The Hall–Kier alpha value is -3.33. The third-order valence-electron chi connectivity index (χ3n) is 2.84. The Kier molecular flexibility index (Phi) is 4.73. The average molecular weight is 295 g/mol. The molecule has 0 heterocycles. The molecule has 2 amide bonds.